The van der Waals surface area contributed by atoms with E-state index in [1.165, 1.54) is 50.0 Å². The molecule has 0 aromatic heterocycles. The van der Waals surface area contributed by atoms with Gasteiger partial charge in [-0.3, -0.25) is 0 Å². The molecule has 0 N–H and O–H groups in total. The van der Waals surface area contributed by atoms with Crippen LogP contribution in [0.4, 0.5) is 0 Å². The molecule has 1 heteroatoms. The zero-order chi connectivity index (χ0) is 7.94. The standard InChI is InChI=1S/C10H20S/c1-2-3-4-5-6-10-7-8-11-9-10/h10H,2-9H2,1H3. The van der Waals surface area contributed by atoms with Crippen LogP contribution in [0.25, 0.3) is 0 Å². The minimum absolute atomic E-state index is 1.08. The Morgan fingerprint density at radius 1 is 1.27 bits per heavy atom. The van der Waals surface area contributed by atoms with E-state index in [9.17, 15) is 0 Å². The number of thioether (sulfide) groups is 1. The molecule has 1 fully saturated rings. The summed E-state index contributed by atoms with van der Waals surface area (Å²) in [5.41, 5.74) is 0. The second kappa shape index (κ2) is 5.93. The molecule has 0 nitrogen and oxygen atoms in total. The van der Waals surface area contributed by atoms with Crippen molar-refractivity contribution in [1.82, 2.24) is 0 Å². The number of hydrogen-bond donors (Lipinski definition) is 0. The molecule has 66 valence electrons. The zero-order valence-corrected chi connectivity index (χ0v) is 8.46. The highest BCUT2D eigenvalue weighted by atomic mass is 32.2. The van der Waals surface area contributed by atoms with Gasteiger partial charge in [0.1, 0.15) is 0 Å². The van der Waals surface area contributed by atoms with Gasteiger partial charge >= 0.3 is 0 Å². The van der Waals surface area contributed by atoms with E-state index < -0.39 is 0 Å². The summed E-state index contributed by atoms with van der Waals surface area (Å²) < 4.78 is 0. The molecule has 0 bridgehead atoms. The molecule has 0 aliphatic carbocycles. The van der Waals surface area contributed by atoms with Crippen molar-refractivity contribution in [3.63, 3.8) is 0 Å². The Kier molecular flexibility index (Phi) is 5.09. The quantitative estimate of drug-likeness (QED) is 0.570. The van der Waals surface area contributed by atoms with Crippen molar-refractivity contribution in [2.45, 2.75) is 45.4 Å². The van der Waals surface area contributed by atoms with Crippen molar-refractivity contribution in [3.05, 3.63) is 0 Å². The van der Waals surface area contributed by atoms with Gasteiger partial charge in [0.05, 0.1) is 0 Å². The summed E-state index contributed by atoms with van der Waals surface area (Å²) in [4.78, 5) is 0. The average Bonchev–Trinajstić information content (AvgIpc) is 2.50. The van der Waals surface area contributed by atoms with Crippen LogP contribution in [0, 0.1) is 5.92 Å². The molecular weight excluding hydrogens is 152 g/mol. The largest absolute Gasteiger partial charge is 0.162 e. The Morgan fingerprint density at radius 3 is 2.82 bits per heavy atom. The molecule has 0 spiro atoms. The van der Waals surface area contributed by atoms with Crippen molar-refractivity contribution >= 4 is 11.8 Å². The molecule has 0 aromatic rings. The van der Waals surface area contributed by atoms with E-state index in [0.717, 1.165) is 5.92 Å². The molecule has 0 radical (unpaired) electrons. The lowest BCUT2D eigenvalue weighted by Crippen LogP contribution is -1.96. The van der Waals surface area contributed by atoms with E-state index in [4.69, 9.17) is 0 Å². The van der Waals surface area contributed by atoms with E-state index in [-0.39, 0.29) is 0 Å². The first-order valence-corrected chi connectivity index (χ1v) is 6.16. The third-order valence-electron chi connectivity index (χ3n) is 2.49. The number of rotatable bonds is 5. The van der Waals surface area contributed by atoms with Crippen LogP contribution in [0.2, 0.25) is 0 Å². The van der Waals surface area contributed by atoms with E-state index >= 15 is 0 Å². The second-order valence-electron chi connectivity index (χ2n) is 3.58. The number of unbranched alkanes of at least 4 members (excludes halogenated alkanes) is 3. The SMILES string of the molecule is CCCCCCC1CCSC1. The van der Waals surface area contributed by atoms with Crippen LogP contribution in [0.15, 0.2) is 0 Å². The summed E-state index contributed by atoms with van der Waals surface area (Å²) in [6, 6.07) is 0. The maximum atomic E-state index is 2.28. The Hall–Kier alpha value is 0.350. The smallest absolute Gasteiger partial charge is 0.00388 e. The van der Waals surface area contributed by atoms with E-state index in [1.54, 1.807) is 0 Å². The molecule has 0 aromatic carbocycles. The van der Waals surface area contributed by atoms with Crippen molar-refractivity contribution in [2.24, 2.45) is 5.92 Å². The van der Waals surface area contributed by atoms with Gasteiger partial charge < -0.3 is 0 Å². The molecule has 1 aliphatic rings. The summed E-state index contributed by atoms with van der Waals surface area (Å²) in [7, 11) is 0. The molecule has 11 heavy (non-hydrogen) atoms. The predicted octanol–water partition coefficient (Wildman–Crippen LogP) is 3.71. The molecule has 1 atom stereocenters. The van der Waals surface area contributed by atoms with Crippen LogP contribution in [-0.2, 0) is 0 Å². The zero-order valence-electron chi connectivity index (χ0n) is 7.64. The van der Waals surface area contributed by atoms with Gasteiger partial charge in [0.25, 0.3) is 0 Å². The first-order chi connectivity index (χ1) is 5.43. The average molecular weight is 172 g/mol. The van der Waals surface area contributed by atoms with Gasteiger partial charge in [0.2, 0.25) is 0 Å². The fourth-order valence-electron chi connectivity index (χ4n) is 1.67. The van der Waals surface area contributed by atoms with Crippen LogP contribution in [-0.4, -0.2) is 11.5 Å². The summed E-state index contributed by atoms with van der Waals surface area (Å²) in [5.74, 6) is 3.96. The Balaban J connectivity index is 1.86. The maximum absolute atomic E-state index is 2.28. The molecule has 0 amide bonds. The lowest BCUT2D eigenvalue weighted by Gasteiger charge is -2.06. The molecule has 1 aliphatic heterocycles. The fourth-order valence-corrected chi connectivity index (χ4v) is 3.00. The minimum atomic E-state index is 1.08. The van der Waals surface area contributed by atoms with Gasteiger partial charge in [-0.15, -0.1) is 0 Å². The summed E-state index contributed by atoms with van der Waals surface area (Å²) in [6.07, 6.45) is 8.78. The Labute approximate surface area is 75.1 Å². The van der Waals surface area contributed by atoms with Gasteiger partial charge in [-0.25, -0.2) is 0 Å². The minimum Gasteiger partial charge on any atom is -0.162 e. The topological polar surface area (TPSA) is 0 Å². The van der Waals surface area contributed by atoms with Gasteiger partial charge in [0.15, 0.2) is 0 Å². The van der Waals surface area contributed by atoms with Crippen molar-refractivity contribution < 1.29 is 0 Å². The molecule has 1 rings (SSSR count). The molecular formula is C10H20S. The molecule has 1 unspecified atom stereocenters. The van der Waals surface area contributed by atoms with Crippen LogP contribution in [0.5, 0.6) is 0 Å². The highest BCUT2D eigenvalue weighted by Gasteiger charge is 2.13. The highest BCUT2D eigenvalue weighted by molar-refractivity contribution is 7.99. The van der Waals surface area contributed by atoms with Gasteiger partial charge in [-0.05, 0) is 30.3 Å². The normalized spacial score (nSPS) is 24.3. The summed E-state index contributed by atoms with van der Waals surface area (Å²) in [6.45, 7) is 2.28. The van der Waals surface area contributed by atoms with Crippen LogP contribution < -0.4 is 0 Å². The predicted molar refractivity (Wildman–Crippen MR) is 54.2 cm³/mol. The van der Waals surface area contributed by atoms with E-state index in [0.29, 0.717) is 0 Å². The molecule has 1 heterocycles. The van der Waals surface area contributed by atoms with Gasteiger partial charge in [-0.1, -0.05) is 32.6 Å². The lowest BCUT2D eigenvalue weighted by molar-refractivity contribution is 0.499. The number of hydrogen-bond acceptors (Lipinski definition) is 1. The Morgan fingerprint density at radius 2 is 2.18 bits per heavy atom. The van der Waals surface area contributed by atoms with Gasteiger partial charge in [-0.2, -0.15) is 11.8 Å². The third-order valence-corrected chi connectivity index (χ3v) is 3.72. The fraction of sp³-hybridized carbons (Fsp3) is 1.00. The van der Waals surface area contributed by atoms with Crippen molar-refractivity contribution in [3.8, 4) is 0 Å². The van der Waals surface area contributed by atoms with Crippen LogP contribution in [0.3, 0.4) is 0 Å². The third kappa shape index (κ3) is 4.05. The van der Waals surface area contributed by atoms with Crippen LogP contribution in [0.1, 0.15) is 45.4 Å². The maximum Gasteiger partial charge on any atom is -0.00388 e. The van der Waals surface area contributed by atoms with Crippen molar-refractivity contribution in [2.75, 3.05) is 11.5 Å². The van der Waals surface area contributed by atoms with E-state index in [2.05, 4.69) is 18.7 Å². The summed E-state index contributed by atoms with van der Waals surface area (Å²) in [5, 5.41) is 0. The van der Waals surface area contributed by atoms with Crippen molar-refractivity contribution in [1.29, 1.82) is 0 Å². The first-order valence-electron chi connectivity index (χ1n) is 5.01. The second-order valence-corrected chi connectivity index (χ2v) is 4.73. The Bertz CT molecular complexity index is 84.9. The van der Waals surface area contributed by atoms with Crippen LogP contribution >= 0.6 is 11.8 Å². The molecule has 0 saturated carbocycles. The monoisotopic (exact) mass is 172 g/mol. The lowest BCUT2D eigenvalue weighted by atomic mass is 10.0. The highest BCUT2D eigenvalue weighted by Crippen LogP contribution is 2.27. The van der Waals surface area contributed by atoms with E-state index in [1.807, 2.05) is 0 Å². The summed E-state index contributed by atoms with van der Waals surface area (Å²) >= 11 is 2.15. The van der Waals surface area contributed by atoms with Gasteiger partial charge in [0, 0.05) is 0 Å². The first kappa shape index (κ1) is 9.44. The molecule has 1 saturated heterocycles.